The molecule has 0 bridgehead atoms. The second-order valence-electron chi connectivity index (χ2n) is 5.59. The molecular weight excluding hydrogens is 321 g/mol. The lowest BCUT2D eigenvalue weighted by molar-refractivity contribution is -0.141. The van der Waals surface area contributed by atoms with Crippen molar-refractivity contribution >= 4 is 17.5 Å². The Labute approximate surface area is 136 Å². The average molecular weight is 336 g/mol. The van der Waals surface area contributed by atoms with Crippen molar-refractivity contribution in [2.75, 3.05) is 10.6 Å². The molecule has 1 aromatic heterocycles. The monoisotopic (exact) mass is 336 g/mol. The predicted octanol–water partition coefficient (Wildman–Crippen LogP) is 3.55. The molecule has 0 spiro atoms. The lowest BCUT2D eigenvalue weighted by Gasteiger charge is -2.20. The molecule has 0 saturated heterocycles. The molecule has 1 amide bonds. The van der Waals surface area contributed by atoms with Crippen molar-refractivity contribution in [3.05, 3.63) is 47.3 Å². The summed E-state index contributed by atoms with van der Waals surface area (Å²) in [7, 11) is 0. The van der Waals surface area contributed by atoms with Crippen molar-refractivity contribution < 1.29 is 18.0 Å². The fourth-order valence-electron chi connectivity index (χ4n) is 2.54. The molecule has 1 aliphatic heterocycles. The van der Waals surface area contributed by atoms with Crippen molar-refractivity contribution in [3.8, 4) is 0 Å². The minimum Gasteiger partial charge on any atom is -0.348 e. The van der Waals surface area contributed by atoms with E-state index in [1.807, 2.05) is 19.1 Å². The molecule has 2 heterocycles. The number of nitrogens with zero attached hydrogens (tertiary/aromatic N) is 2. The Morgan fingerprint density at radius 1 is 1.25 bits per heavy atom. The van der Waals surface area contributed by atoms with Gasteiger partial charge < -0.3 is 10.6 Å². The van der Waals surface area contributed by atoms with E-state index in [1.54, 1.807) is 6.07 Å². The summed E-state index contributed by atoms with van der Waals surface area (Å²) in [5.41, 5.74) is 1.68. The largest absolute Gasteiger partial charge is 0.433 e. The van der Waals surface area contributed by atoms with Gasteiger partial charge in [0.1, 0.15) is 5.69 Å². The summed E-state index contributed by atoms with van der Waals surface area (Å²) < 4.78 is 38.1. The summed E-state index contributed by atoms with van der Waals surface area (Å²) in [5, 5.41) is 5.67. The number of rotatable bonds is 3. The fourth-order valence-corrected chi connectivity index (χ4v) is 2.54. The maximum absolute atomic E-state index is 12.7. The van der Waals surface area contributed by atoms with Crippen LogP contribution in [0.5, 0.6) is 0 Å². The van der Waals surface area contributed by atoms with Crippen molar-refractivity contribution in [2.45, 2.75) is 32.0 Å². The van der Waals surface area contributed by atoms with Gasteiger partial charge in [-0.05, 0) is 36.6 Å². The van der Waals surface area contributed by atoms with Crippen LogP contribution < -0.4 is 10.6 Å². The van der Waals surface area contributed by atoms with E-state index in [2.05, 4.69) is 20.6 Å². The summed E-state index contributed by atoms with van der Waals surface area (Å²) in [5.74, 6) is -0.0952. The number of carbonyl (C=O) groups excluding carboxylic acids is 1. The number of aryl methyl sites for hydroxylation is 1. The van der Waals surface area contributed by atoms with Gasteiger partial charge in [-0.2, -0.15) is 13.2 Å². The Kier molecular flexibility index (Phi) is 4.13. The van der Waals surface area contributed by atoms with E-state index >= 15 is 0 Å². The molecule has 2 aromatic rings. The first kappa shape index (κ1) is 16.2. The Hall–Kier alpha value is -2.64. The van der Waals surface area contributed by atoms with E-state index in [1.165, 1.54) is 0 Å². The van der Waals surface area contributed by atoms with Gasteiger partial charge in [-0.25, -0.2) is 9.97 Å². The molecule has 3 rings (SSSR count). The van der Waals surface area contributed by atoms with Gasteiger partial charge in [0.15, 0.2) is 0 Å². The van der Waals surface area contributed by atoms with Crippen LogP contribution in [-0.2, 0) is 17.4 Å². The van der Waals surface area contributed by atoms with E-state index in [9.17, 15) is 18.0 Å². The number of aromatic nitrogens is 2. The highest BCUT2D eigenvalue weighted by Gasteiger charge is 2.32. The Morgan fingerprint density at radius 3 is 2.79 bits per heavy atom. The third-order valence-corrected chi connectivity index (χ3v) is 3.82. The topological polar surface area (TPSA) is 66.9 Å². The Balaban J connectivity index is 1.78. The van der Waals surface area contributed by atoms with Gasteiger partial charge in [0.25, 0.3) is 0 Å². The number of anilines is 2. The van der Waals surface area contributed by atoms with Gasteiger partial charge in [-0.15, -0.1) is 0 Å². The molecular formula is C16H15F3N4O. The summed E-state index contributed by atoms with van der Waals surface area (Å²) in [4.78, 5) is 18.7. The van der Waals surface area contributed by atoms with Crippen molar-refractivity contribution in [3.63, 3.8) is 0 Å². The van der Waals surface area contributed by atoms with E-state index in [0.717, 1.165) is 29.1 Å². The number of carbonyl (C=O) groups is 1. The molecule has 0 saturated carbocycles. The second kappa shape index (κ2) is 6.10. The highest BCUT2D eigenvalue weighted by molar-refractivity contribution is 5.93. The van der Waals surface area contributed by atoms with Crippen LogP contribution in [0.1, 0.15) is 36.2 Å². The first-order valence-corrected chi connectivity index (χ1v) is 7.42. The number of benzene rings is 1. The van der Waals surface area contributed by atoms with E-state index in [0.29, 0.717) is 12.8 Å². The third-order valence-electron chi connectivity index (χ3n) is 3.82. The van der Waals surface area contributed by atoms with Crippen LogP contribution in [-0.4, -0.2) is 15.9 Å². The summed E-state index contributed by atoms with van der Waals surface area (Å²) in [6.45, 7) is 1.81. The van der Waals surface area contributed by atoms with Crippen LogP contribution in [0.4, 0.5) is 24.8 Å². The molecule has 0 fully saturated rings. The van der Waals surface area contributed by atoms with Crippen LogP contribution in [0.2, 0.25) is 0 Å². The number of halogens is 3. The molecule has 8 heteroatoms. The molecule has 2 N–H and O–H groups in total. The van der Waals surface area contributed by atoms with Gasteiger partial charge in [-0.3, -0.25) is 4.79 Å². The molecule has 126 valence electrons. The maximum Gasteiger partial charge on any atom is 0.433 e. The summed E-state index contributed by atoms with van der Waals surface area (Å²) in [6.07, 6.45) is -2.36. The average Bonchev–Trinajstić information content (AvgIpc) is 2.53. The highest BCUT2D eigenvalue weighted by Crippen LogP contribution is 2.29. The SMILES string of the molecule is C[C@H](Nc1nccc(C(F)(F)F)n1)c1ccc2c(c1)CCC(=O)N2. The van der Waals surface area contributed by atoms with E-state index < -0.39 is 11.9 Å². The lowest BCUT2D eigenvalue weighted by Crippen LogP contribution is -2.19. The van der Waals surface area contributed by atoms with Gasteiger partial charge in [0, 0.05) is 18.3 Å². The quantitative estimate of drug-likeness (QED) is 0.899. The molecule has 0 radical (unpaired) electrons. The number of amides is 1. The standard InChI is InChI=1S/C16H15F3N4O/c1-9(21-15-20-7-6-13(23-15)16(17,18)19)10-2-4-12-11(8-10)3-5-14(24)22-12/h2,4,6-9H,3,5H2,1H3,(H,22,24)(H,20,21,23)/t9-/m0/s1. The zero-order chi connectivity index (χ0) is 17.3. The van der Waals surface area contributed by atoms with Crippen LogP contribution in [0.3, 0.4) is 0 Å². The molecule has 24 heavy (non-hydrogen) atoms. The lowest BCUT2D eigenvalue weighted by atomic mass is 9.98. The fraction of sp³-hybridized carbons (Fsp3) is 0.312. The molecule has 5 nitrogen and oxygen atoms in total. The first-order valence-electron chi connectivity index (χ1n) is 7.42. The number of nitrogens with one attached hydrogen (secondary N) is 2. The van der Waals surface area contributed by atoms with E-state index in [-0.39, 0.29) is 17.9 Å². The summed E-state index contributed by atoms with van der Waals surface area (Å²) >= 11 is 0. The Bertz CT molecular complexity index is 776. The molecule has 1 aliphatic rings. The van der Waals surface area contributed by atoms with Crippen LogP contribution in [0, 0.1) is 0 Å². The van der Waals surface area contributed by atoms with Crippen LogP contribution in [0.15, 0.2) is 30.5 Å². The normalized spacial score (nSPS) is 15.4. The predicted molar refractivity (Wildman–Crippen MR) is 82.5 cm³/mol. The second-order valence-corrected chi connectivity index (χ2v) is 5.59. The highest BCUT2D eigenvalue weighted by atomic mass is 19.4. The number of alkyl halides is 3. The number of fused-ring (bicyclic) bond motifs is 1. The van der Waals surface area contributed by atoms with Crippen molar-refractivity contribution in [2.24, 2.45) is 0 Å². The zero-order valence-electron chi connectivity index (χ0n) is 12.8. The van der Waals surface area contributed by atoms with Gasteiger partial charge in [-0.1, -0.05) is 12.1 Å². The van der Waals surface area contributed by atoms with Crippen molar-refractivity contribution in [1.29, 1.82) is 0 Å². The van der Waals surface area contributed by atoms with Crippen molar-refractivity contribution in [1.82, 2.24) is 9.97 Å². The molecule has 0 aliphatic carbocycles. The third kappa shape index (κ3) is 3.47. The minimum atomic E-state index is -4.51. The number of hydrogen-bond donors (Lipinski definition) is 2. The van der Waals surface area contributed by atoms with Crippen LogP contribution in [0.25, 0.3) is 0 Å². The summed E-state index contributed by atoms with van der Waals surface area (Å²) in [6, 6.07) is 6.09. The molecule has 1 aromatic carbocycles. The Morgan fingerprint density at radius 2 is 2.04 bits per heavy atom. The minimum absolute atomic E-state index is 0.0150. The van der Waals surface area contributed by atoms with E-state index in [4.69, 9.17) is 0 Å². The zero-order valence-corrected chi connectivity index (χ0v) is 12.8. The molecule has 0 unspecified atom stereocenters. The van der Waals surface area contributed by atoms with Crippen LogP contribution >= 0.6 is 0 Å². The van der Waals surface area contributed by atoms with Gasteiger partial charge in [0.2, 0.25) is 11.9 Å². The smallest absolute Gasteiger partial charge is 0.348 e. The molecule has 1 atom stereocenters. The van der Waals surface area contributed by atoms with Gasteiger partial charge >= 0.3 is 6.18 Å². The number of hydrogen-bond acceptors (Lipinski definition) is 4. The maximum atomic E-state index is 12.7. The van der Waals surface area contributed by atoms with Gasteiger partial charge in [0.05, 0.1) is 6.04 Å². The first-order chi connectivity index (χ1) is 11.3.